The lowest BCUT2D eigenvalue weighted by molar-refractivity contribution is 0.0453. The molecule has 0 aliphatic rings. The molecule has 0 aliphatic carbocycles. The van der Waals surface area contributed by atoms with Crippen molar-refractivity contribution >= 4 is 15.9 Å². The van der Waals surface area contributed by atoms with Crippen molar-refractivity contribution < 1.29 is 9.47 Å². The topological polar surface area (TPSA) is 18.5 Å². The molecule has 2 nitrogen and oxygen atoms in total. The Labute approximate surface area is 109 Å². The maximum Gasteiger partial charge on any atom is 0.0700 e. The molecule has 0 spiro atoms. The van der Waals surface area contributed by atoms with Gasteiger partial charge in [-0.15, -0.1) is 0 Å². The van der Waals surface area contributed by atoms with Crippen LogP contribution in [0.25, 0.3) is 0 Å². The van der Waals surface area contributed by atoms with Gasteiger partial charge in [0.2, 0.25) is 0 Å². The Morgan fingerprint density at radius 3 is 1.88 bits per heavy atom. The fraction of sp³-hybridized carbons (Fsp3) is 1.00. The van der Waals surface area contributed by atoms with Crippen molar-refractivity contribution in [2.24, 2.45) is 0 Å². The average Bonchev–Trinajstić information content (AvgIpc) is 2.31. The number of alkyl halides is 1. The minimum absolute atomic E-state index is 0.754. The molecule has 0 N–H and O–H groups in total. The van der Waals surface area contributed by atoms with Gasteiger partial charge in [-0.05, 0) is 19.3 Å². The van der Waals surface area contributed by atoms with E-state index < -0.39 is 0 Å². The van der Waals surface area contributed by atoms with Gasteiger partial charge in [0.15, 0.2) is 0 Å². The maximum atomic E-state index is 5.49. The second-order valence-electron chi connectivity index (χ2n) is 4.04. The zero-order chi connectivity index (χ0) is 11.9. The summed E-state index contributed by atoms with van der Waals surface area (Å²) in [5.41, 5.74) is 0. The predicted molar refractivity (Wildman–Crippen MR) is 73.4 cm³/mol. The molecular formula is C13H27BrO2. The Morgan fingerprint density at radius 2 is 1.25 bits per heavy atom. The van der Waals surface area contributed by atoms with Crippen molar-refractivity contribution in [1.82, 2.24) is 0 Å². The van der Waals surface area contributed by atoms with E-state index in [4.69, 9.17) is 9.47 Å². The molecule has 0 aromatic carbocycles. The van der Waals surface area contributed by atoms with Crippen molar-refractivity contribution in [2.45, 2.75) is 51.9 Å². The first-order valence-corrected chi connectivity index (χ1v) is 7.75. The van der Waals surface area contributed by atoms with E-state index in [9.17, 15) is 0 Å². The average molecular weight is 295 g/mol. The Kier molecular flexibility index (Phi) is 15.8. The Hall–Kier alpha value is 0.400. The monoisotopic (exact) mass is 294 g/mol. The summed E-state index contributed by atoms with van der Waals surface area (Å²) in [5, 5.41) is 1.14. The van der Waals surface area contributed by atoms with Crippen LogP contribution in [-0.2, 0) is 9.47 Å². The van der Waals surface area contributed by atoms with Crippen LogP contribution in [0.2, 0.25) is 0 Å². The molecule has 0 bridgehead atoms. The zero-order valence-corrected chi connectivity index (χ0v) is 12.3. The molecule has 0 amide bonds. The van der Waals surface area contributed by atoms with Crippen LogP contribution in [0, 0.1) is 0 Å². The third-order valence-corrected chi connectivity index (χ3v) is 3.00. The highest BCUT2D eigenvalue weighted by Crippen LogP contribution is 2.04. The fourth-order valence-electron chi connectivity index (χ4n) is 1.40. The summed E-state index contributed by atoms with van der Waals surface area (Å²) >= 11 is 3.44. The van der Waals surface area contributed by atoms with Crippen molar-refractivity contribution in [2.75, 3.05) is 31.8 Å². The van der Waals surface area contributed by atoms with Crippen molar-refractivity contribution in [3.63, 3.8) is 0 Å². The van der Waals surface area contributed by atoms with Crippen LogP contribution in [0.3, 0.4) is 0 Å². The summed E-state index contributed by atoms with van der Waals surface area (Å²) in [6.45, 7) is 5.46. The second kappa shape index (κ2) is 15.4. The molecule has 0 saturated carbocycles. The van der Waals surface area contributed by atoms with E-state index in [0.717, 1.165) is 38.2 Å². The van der Waals surface area contributed by atoms with Gasteiger partial charge in [0.1, 0.15) is 0 Å². The number of rotatable bonds is 13. The quantitative estimate of drug-likeness (QED) is 0.375. The van der Waals surface area contributed by atoms with E-state index >= 15 is 0 Å². The number of ether oxygens (including phenoxy) is 2. The molecule has 0 aromatic heterocycles. The van der Waals surface area contributed by atoms with Crippen molar-refractivity contribution in [3.05, 3.63) is 0 Å². The van der Waals surface area contributed by atoms with Gasteiger partial charge in [0.05, 0.1) is 13.2 Å². The SMILES string of the molecule is CCCCOCCOCCCCCCCBr. The number of hydrogen-bond acceptors (Lipinski definition) is 2. The third-order valence-electron chi connectivity index (χ3n) is 2.44. The molecule has 0 rings (SSSR count). The minimum Gasteiger partial charge on any atom is -0.379 e. The molecular weight excluding hydrogens is 268 g/mol. The standard InChI is InChI=1S/C13H27BrO2/c1-2-3-10-15-12-13-16-11-8-6-4-5-7-9-14/h2-13H2,1H3. The summed E-state index contributed by atoms with van der Waals surface area (Å²) < 4.78 is 10.9. The minimum atomic E-state index is 0.754. The normalized spacial score (nSPS) is 10.9. The van der Waals surface area contributed by atoms with Crippen LogP contribution in [0.5, 0.6) is 0 Å². The highest BCUT2D eigenvalue weighted by atomic mass is 79.9. The molecule has 16 heavy (non-hydrogen) atoms. The lowest BCUT2D eigenvalue weighted by atomic mass is 10.2. The van der Waals surface area contributed by atoms with E-state index in [0.29, 0.717) is 0 Å². The van der Waals surface area contributed by atoms with Gasteiger partial charge in [-0.2, -0.15) is 0 Å². The third kappa shape index (κ3) is 14.4. The largest absolute Gasteiger partial charge is 0.379 e. The van der Waals surface area contributed by atoms with E-state index in [-0.39, 0.29) is 0 Å². The van der Waals surface area contributed by atoms with Crippen LogP contribution in [-0.4, -0.2) is 31.8 Å². The summed E-state index contributed by atoms with van der Waals surface area (Å²) in [4.78, 5) is 0. The van der Waals surface area contributed by atoms with E-state index in [2.05, 4.69) is 22.9 Å². The van der Waals surface area contributed by atoms with Gasteiger partial charge in [-0.3, -0.25) is 0 Å². The Balaban J connectivity index is 2.83. The molecule has 0 aromatic rings. The summed E-state index contributed by atoms with van der Waals surface area (Å²) in [6, 6.07) is 0. The molecule has 0 unspecified atom stereocenters. The summed E-state index contributed by atoms with van der Waals surface area (Å²) in [7, 11) is 0. The fourth-order valence-corrected chi connectivity index (χ4v) is 1.79. The molecule has 0 heterocycles. The summed E-state index contributed by atoms with van der Waals surface area (Å²) in [5.74, 6) is 0. The first-order chi connectivity index (χ1) is 7.91. The Bertz CT molecular complexity index is 107. The molecule has 0 atom stereocenters. The molecule has 3 heteroatoms. The van der Waals surface area contributed by atoms with Crippen molar-refractivity contribution in [1.29, 1.82) is 0 Å². The zero-order valence-electron chi connectivity index (χ0n) is 10.7. The highest BCUT2D eigenvalue weighted by Gasteiger charge is 1.92. The first kappa shape index (κ1) is 16.4. The highest BCUT2D eigenvalue weighted by molar-refractivity contribution is 9.09. The number of unbranched alkanes of at least 4 members (excludes halogenated alkanes) is 5. The predicted octanol–water partition coefficient (Wildman–Crippen LogP) is 4.17. The number of hydrogen-bond donors (Lipinski definition) is 0. The van der Waals surface area contributed by atoms with Crippen LogP contribution in [0.15, 0.2) is 0 Å². The molecule has 0 saturated heterocycles. The van der Waals surface area contributed by atoms with Gasteiger partial charge in [0, 0.05) is 18.5 Å². The van der Waals surface area contributed by atoms with Crippen LogP contribution in [0.1, 0.15) is 51.9 Å². The van der Waals surface area contributed by atoms with Crippen LogP contribution < -0.4 is 0 Å². The van der Waals surface area contributed by atoms with Crippen LogP contribution >= 0.6 is 15.9 Å². The van der Waals surface area contributed by atoms with E-state index in [1.165, 1.54) is 38.5 Å². The molecule has 0 fully saturated rings. The summed E-state index contributed by atoms with van der Waals surface area (Å²) in [6.07, 6.45) is 8.82. The van der Waals surface area contributed by atoms with Crippen molar-refractivity contribution in [3.8, 4) is 0 Å². The van der Waals surface area contributed by atoms with Gasteiger partial charge in [-0.1, -0.05) is 48.5 Å². The van der Waals surface area contributed by atoms with Gasteiger partial charge in [0.25, 0.3) is 0 Å². The molecule has 0 aliphatic heterocycles. The van der Waals surface area contributed by atoms with Gasteiger partial charge >= 0.3 is 0 Å². The lowest BCUT2D eigenvalue weighted by Gasteiger charge is -2.05. The molecule has 98 valence electrons. The van der Waals surface area contributed by atoms with E-state index in [1.54, 1.807) is 0 Å². The van der Waals surface area contributed by atoms with Crippen LogP contribution in [0.4, 0.5) is 0 Å². The molecule has 0 radical (unpaired) electrons. The van der Waals surface area contributed by atoms with Gasteiger partial charge < -0.3 is 9.47 Å². The first-order valence-electron chi connectivity index (χ1n) is 6.63. The maximum absolute atomic E-state index is 5.49. The second-order valence-corrected chi connectivity index (χ2v) is 4.83. The number of halogens is 1. The Morgan fingerprint density at radius 1 is 0.688 bits per heavy atom. The van der Waals surface area contributed by atoms with Gasteiger partial charge in [-0.25, -0.2) is 0 Å². The van der Waals surface area contributed by atoms with E-state index in [1.807, 2.05) is 0 Å². The lowest BCUT2D eigenvalue weighted by Crippen LogP contribution is -2.06. The smallest absolute Gasteiger partial charge is 0.0700 e.